The van der Waals surface area contributed by atoms with Crippen molar-refractivity contribution < 1.29 is 9.26 Å². The lowest BCUT2D eigenvalue weighted by Gasteiger charge is -2.05. The highest BCUT2D eigenvalue weighted by molar-refractivity contribution is 5.19. The van der Waals surface area contributed by atoms with Gasteiger partial charge in [-0.15, -0.1) is 0 Å². The zero-order chi connectivity index (χ0) is 14.2. The van der Waals surface area contributed by atoms with E-state index in [9.17, 15) is 0 Å². The summed E-state index contributed by atoms with van der Waals surface area (Å²) in [5, 5.41) is 7.11. The van der Waals surface area contributed by atoms with Crippen LogP contribution in [0.15, 0.2) is 22.9 Å². The molecule has 0 aromatic carbocycles. The molecule has 0 saturated carbocycles. The second-order valence-electron chi connectivity index (χ2n) is 4.41. The van der Waals surface area contributed by atoms with Crippen molar-refractivity contribution >= 4 is 0 Å². The Hall–Kier alpha value is -1.95. The topological polar surface area (TPSA) is 73.1 Å². The van der Waals surface area contributed by atoms with Gasteiger partial charge in [0.1, 0.15) is 5.75 Å². The molecule has 0 fully saturated rings. The quantitative estimate of drug-likeness (QED) is 0.744. The molecule has 1 N–H and O–H groups in total. The number of ether oxygens (including phenoxy) is 1. The molecular formula is C14H20N4O2. The third-order valence-corrected chi connectivity index (χ3v) is 2.72. The number of nitrogens with zero attached hydrogens (tertiary/aromatic N) is 3. The van der Waals surface area contributed by atoms with Gasteiger partial charge >= 0.3 is 0 Å². The van der Waals surface area contributed by atoms with Gasteiger partial charge in [-0.1, -0.05) is 19.0 Å². The van der Waals surface area contributed by atoms with Crippen LogP contribution in [0.2, 0.25) is 0 Å². The Bertz CT molecular complexity index is 510. The van der Waals surface area contributed by atoms with Crippen LogP contribution < -0.4 is 10.1 Å². The number of aryl methyl sites for hydroxylation is 1. The lowest BCUT2D eigenvalue weighted by molar-refractivity contribution is 0.241. The van der Waals surface area contributed by atoms with Gasteiger partial charge < -0.3 is 14.6 Å². The summed E-state index contributed by atoms with van der Waals surface area (Å²) < 4.78 is 10.6. The maximum absolute atomic E-state index is 5.55. The molecule has 2 heterocycles. The zero-order valence-electron chi connectivity index (χ0n) is 11.9. The molecule has 0 aliphatic heterocycles. The van der Waals surface area contributed by atoms with Crippen molar-refractivity contribution in [2.75, 3.05) is 6.54 Å². The minimum atomic E-state index is 0.266. The molecule has 0 unspecified atom stereocenters. The van der Waals surface area contributed by atoms with E-state index in [1.807, 2.05) is 19.1 Å². The first-order chi connectivity index (χ1) is 9.81. The third-order valence-electron chi connectivity index (χ3n) is 2.72. The van der Waals surface area contributed by atoms with Crippen LogP contribution in [0.3, 0.4) is 0 Å². The van der Waals surface area contributed by atoms with Crippen molar-refractivity contribution in [2.45, 2.75) is 39.8 Å². The summed E-state index contributed by atoms with van der Waals surface area (Å²) in [6, 6.07) is 3.84. The van der Waals surface area contributed by atoms with Gasteiger partial charge in [-0.3, -0.25) is 4.98 Å². The summed E-state index contributed by atoms with van der Waals surface area (Å²) >= 11 is 0. The maximum Gasteiger partial charge on any atom is 0.264 e. The van der Waals surface area contributed by atoms with Gasteiger partial charge in [0, 0.05) is 13.0 Å². The summed E-state index contributed by atoms with van der Waals surface area (Å²) in [5.41, 5.74) is 0.997. The molecule has 20 heavy (non-hydrogen) atoms. The summed E-state index contributed by atoms with van der Waals surface area (Å²) in [6.07, 6.45) is 3.58. The second kappa shape index (κ2) is 7.59. The van der Waals surface area contributed by atoms with Gasteiger partial charge in [0.05, 0.1) is 11.9 Å². The first kappa shape index (κ1) is 14.5. The van der Waals surface area contributed by atoms with Crippen molar-refractivity contribution in [2.24, 2.45) is 0 Å². The normalized spacial score (nSPS) is 10.7. The molecule has 2 aromatic heterocycles. The largest absolute Gasteiger partial charge is 0.482 e. The van der Waals surface area contributed by atoms with Crippen LogP contribution in [0.25, 0.3) is 0 Å². The Labute approximate surface area is 118 Å². The van der Waals surface area contributed by atoms with Crippen LogP contribution in [0.4, 0.5) is 0 Å². The first-order valence-corrected chi connectivity index (χ1v) is 6.91. The van der Waals surface area contributed by atoms with Crippen molar-refractivity contribution in [3.8, 4) is 5.75 Å². The number of nitrogens with one attached hydrogen (secondary N) is 1. The van der Waals surface area contributed by atoms with E-state index in [1.165, 1.54) is 0 Å². The van der Waals surface area contributed by atoms with Gasteiger partial charge in [-0.2, -0.15) is 4.98 Å². The molecule has 6 heteroatoms. The highest BCUT2D eigenvalue weighted by atomic mass is 16.5. The minimum Gasteiger partial charge on any atom is -0.482 e. The van der Waals surface area contributed by atoms with E-state index in [2.05, 4.69) is 27.4 Å². The SMILES string of the molecule is CCCNCc1ccc(OCc2nc(CC)no2)cn1. The molecule has 0 aliphatic carbocycles. The molecule has 0 spiro atoms. The lowest BCUT2D eigenvalue weighted by Crippen LogP contribution is -2.14. The smallest absolute Gasteiger partial charge is 0.264 e. The predicted octanol–water partition coefficient (Wildman–Crippen LogP) is 2.11. The number of pyridine rings is 1. The number of rotatable bonds is 8. The minimum absolute atomic E-state index is 0.266. The highest BCUT2D eigenvalue weighted by Gasteiger charge is 2.05. The van der Waals surface area contributed by atoms with Crippen LogP contribution in [-0.4, -0.2) is 21.7 Å². The fourth-order valence-corrected chi connectivity index (χ4v) is 1.63. The monoisotopic (exact) mass is 276 g/mol. The maximum atomic E-state index is 5.55. The molecule has 0 bridgehead atoms. The van der Waals surface area contributed by atoms with Gasteiger partial charge in [0.25, 0.3) is 5.89 Å². The van der Waals surface area contributed by atoms with Gasteiger partial charge in [-0.25, -0.2) is 0 Å². The standard InChI is InChI=1S/C14H20N4O2/c1-3-7-15-8-11-5-6-12(9-16-11)19-10-14-17-13(4-2)18-20-14/h5-6,9,15H,3-4,7-8,10H2,1-2H3. The molecule has 0 radical (unpaired) electrons. The Morgan fingerprint density at radius 1 is 1.30 bits per heavy atom. The van der Waals surface area contributed by atoms with E-state index < -0.39 is 0 Å². The fraction of sp³-hybridized carbons (Fsp3) is 0.500. The van der Waals surface area contributed by atoms with Crippen LogP contribution in [-0.2, 0) is 19.6 Å². The number of hydrogen-bond acceptors (Lipinski definition) is 6. The zero-order valence-corrected chi connectivity index (χ0v) is 11.9. The first-order valence-electron chi connectivity index (χ1n) is 6.91. The molecule has 2 aromatic rings. The molecule has 0 saturated heterocycles. The second-order valence-corrected chi connectivity index (χ2v) is 4.41. The molecule has 2 rings (SSSR count). The number of aromatic nitrogens is 3. The van der Waals surface area contributed by atoms with Crippen molar-refractivity contribution in [3.05, 3.63) is 35.7 Å². The summed E-state index contributed by atoms with van der Waals surface area (Å²) in [7, 11) is 0. The molecule has 6 nitrogen and oxygen atoms in total. The van der Waals surface area contributed by atoms with E-state index in [0.29, 0.717) is 17.5 Å². The Kier molecular flexibility index (Phi) is 5.49. The highest BCUT2D eigenvalue weighted by Crippen LogP contribution is 2.11. The average Bonchev–Trinajstić information content (AvgIpc) is 2.95. The van der Waals surface area contributed by atoms with E-state index >= 15 is 0 Å². The third kappa shape index (κ3) is 4.31. The van der Waals surface area contributed by atoms with Crippen LogP contribution in [0.5, 0.6) is 5.75 Å². The molecular weight excluding hydrogens is 256 g/mol. The van der Waals surface area contributed by atoms with E-state index in [0.717, 1.165) is 31.6 Å². The molecule has 0 aliphatic rings. The molecule has 108 valence electrons. The van der Waals surface area contributed by atoms with Crippen molar-refractivity contribution in [1.29, 1.82) is 0 Å². The Balaban J connectivity index is 1.81. The van der Waals surface area contributed by atoms with Gasteiger partial charge in [0.15, 0.2) is 12.4 Å². The summed E-state index contributed by atoms with van der Waals surface area (Å²) in [6.45, 7) is 6.15. The average molecular weight is 276 g/mol. The van der Waals surface area contributed by atoms with Crippen LogP contribution in [0.1, 0.15) is 37.7 Å². The molecule has 0 amide bonds. The van der Waals surface area contributed by atoms with E-state index in [-0.39, 0.29) is 6.61 Å². The van der Waals surface area contributed by atoms with E-state index in [1.54, 1.807) is 6.20 Å². The Morgan fingerprint density at radius 3 is 2.85 bits per heavy atom. The van der Waals surface area contributed by atoms with Crippen molar-refractivity contribution in [3.63, 3.8) is 0 Å². The molecule has 0 atom stereocenters. The predicted molar refractivity (Wildman–Crippen MR) is 74.2 cm³/mol. The van der Waals surface area contributed by atoms with Gasteiger partial charge in [-0.05, 0) is 25.1 Å². The van der Waals surface area contributed by atoms with Crippen LogP contribution in [0, 0.1) is 0 Å². The van der Waals surface area contributed by atoms with E-state index in [4.69, 9.17) is 9.26 Å². The van der Waals surface area contributed by atoms with Gasteiger partial charge in [0.2, 0.25) is 0 Å². The number of hydrogen-bond donors (Lipinski definition) is 1. The Morgan fingerprint density at radius 2 is 2.20 bits per heavy atom. The summed E-state index contributed by atoms with van der Waals surface area (Å²) in [4.78, 5) is 8.51. The van der Waals surface area contributed by atoms with Crippen LogP contribution >= 0.6 is 0 Å². The fourth-order valence-electron chi connectivity index (χ4n) is 1.63. The summed E-state index contributed by atoms with van der Waals surface area (Å²) in [5.74, 6) is 1.87. The van der Waals surface area contributed by atoms with Crippen molar-refractivity contribution in [1.82, 2.24) is 20.4 Å². The lowest BCUT2D eigenvalue weighted by atomic mass is 10.3.